The SMILES string of the molecule is Cc1ccc(-c2nc(SCC(=O)N3CCC[C@H]4CCCC[C@H]43)n[nH]2)cc1. The highest BCUT2D eigenvalue weighted by atomic mass is 32.2. The molecule has 0 bridgehead atoms. The largest absolute Gasteiger partial charge is 0.339 e. The molecule has 0 spiro atoms. The zero-order valence-electron chi connectivity index (χ0n) is 15.3. The second-order valence-electron chi connectivity index (χ2n) is 7.46. The summed E-state index contributed by atoms with van der Waals surface area (Å²) in [6.07, 6.45) is 7.51. The van der Waals surface area contributed by atoms with Gasteiger partial charge in [-0.15, -0.1) is 5.10 Å². The molecule has 1 amide bonds. The van der Waals surface area contributed by atoms with E-state index in [0.717, 1.165) is 30.3 Å². The van der Waals surface area contributed by atoms with Gasteiger partial charge in [-0.2, -0.15) is 0 Å². The molecule has 138 valence electrons. The Morgan fingerprint density at radius 2 is 1.96 bits per heavy atom. The van der Waals surface area contributed by atoms with Gasteiger partial charge in [-0.05, 0) is 38.5 Å². The number of nitrogens with zero attached hydrogens (tertiary/aromatic N) is 3. The van der Waals surface area contributed by atoms with Gasteiger partial charge in [0.05, 0.1) is 5.75 Å². The summed E-state index contributed by atoms with van der Waals surface area (Å²) in [7, 11) is 0. The average molecular weight is 371 g/mol. The number of H-pyrrole nitrogens is 1. The zero-order valence-corrected chi connectivity index (χ0v) is 16.1. The van der Waals surface area contributed by atoms with Crippen LogP contribution < -0.4 is 0 Å². The van der Waals surface area contributed by atoms with Crippen molar-refractivity contribution in [2.45, 2.75) is 56.6 Å². The smallest absolute Gasteiger partial charge is 0.233 e. The van der Waals surface area contributed by atoms with E-state index < -0.39 is 0 Å². The number of carbonyl (C=O) groups excluding carboxylic acids is 1. The molecule has 2 aromatic rings. The number of fused-ring (bicyclic) bond motifs is 1. The molecular formula is C20H26N4OS. The van der Waals surface area contributed by atoms with Crippen LogP contribution in [0.1, 0.15) is 44.1 Å². The van der Waals surface area contributed by atoms with Crippen molar-refractivity contribution >= 4 is 17.7 Å². The maximum Gasteiger partial charge on any atom is 0.233 e. The van der Waals surface area contributed by atoms with E-state index in [2.05, 4.69) is 39.1 Å². The number of piperidine rings is 1. The lowest BCUT2D eigenvalue weighted by Crippen LogP contribution is -2.50. The van der Waals surface area contributed by atoms with Gasteiger partial charge < -0.3 is 4.90 Å². The normalized spacial score (nSPS) is 22.9. The number of carbonyl (C=O) groups is 1. The first-order valence-electron chi connectivity index (χ1n) is 9.62. The lowest BCUT2D eigenvalue weighted by Gasteiger charge is -2.44. The number of amides is 1. The summed E-state index contributed by atoms with van der Waals surface area (Å²) in [6.45, 7) is 2.98. The molecule has 2 atom stereocenters. The van der Waals surface area contributed by atoms with Crippen LogP contribution >= 0.6 is 11.8 Å². The molecule has 1 saturated heterocycles. The number of aryl methyl sites for hydroxylation is 1. The van der Waals surface area contributed by atoms with Gasteiger partial charge in [0, 0.05) is 18.2 Å². The number of aromatic amines is 1. The predicted octanol–water partition coefficient (Wildman–Crippen LogP) is 4.05. The van der Waals surface area contributed by atoms with Crippen molar-refractivity contribution in [3.8, 4) is 11.4 Å². The van der Waals surface area contributed by atoms with Crippen molar-refractivity contribution in [1.29, 1.82) is 0 Å². The van der Waals surface area contributed by atoms with Gasteiger partial charge in [-0.1, -0.05) is 54.4 Å². The third-order valence-corrected chi connectivity index (χ3v) is 6.51. The number of aromatic nitrogens is 3. The van der Waals surface area contributed by atoms with Gasteiger partial charge >= 0.3 is 0 Å². The first-order chi connectivity index (χ1) is 12.7. The number of hydrogen-bond donors (Lipinski definition) is 1. The van der Waals surface area contributed by atoms with Crippen LogP contribution in [-0.4, -0.2) is 44.3 Å². The molecule has 1 aromatic heterocycles. The minimum atomic E-state index is 0.244. The molecule has 26 heavy (non-hydrogen) atoms. The second kappa shape index (κ2) is 7.82. The quantitative estimate of drug-likeness (QED) is 0.825. The van der Waals surface area contributed by atoms with E-state index in [1.807, 2.05) is 12.1 Å². The van der Waals surface area contributed by atoms with Crippen molar-refractivity contribution in [2.24, 2.45) is 5.92 Å². The summed E-state index contributed by atoms with van der Waals surface area (Å²) in [5.74, 6) is 2.15. The van der Waals surface area contributed by atoms with E-state index in [1.54, 1.807) is 0 Å². The monoisotopic (exact) mass is 370 g/mol. The van der Waals surface area contributed by atoms with Crippen molar-refractivity contribution in [3.05, 3.63) is 29.8 Å². The molecule has 6 heteroatoms. The molecule has 5 nitrogen and oxygen atoms in total. The molecule has 2 fully saturated rings. The Morgan fingerprint density at radius 1 is 1.19 bits per heavy atom. The van der Waals surface area contributed by atoms with Gasteiger partial charge in [-0.3, -0.25) is 9.89 Å². The maximum atomic E-state index is 12.8. The lowest BCUT2D eigenvalue weighted by atomic mass is 9.78. The van der Waals surface area contributed by atoms with Gasteiger partial charge in [-0.25, -0.2) is 4.98 Å². The van der Waals surface area contributed by atoms with E-state index in [9.17, 15) is 4.79 Å². The zero-order chi connectivity index (χ0) is 17.9. The van der Waals surface area contributed by atoms with E-state index in [4.69, 9.17) is 0 Å². The highest BCUT2D eigenvalue weighted by Crippen LogP contribution is 2.35. The third kappa shape index (κ3) is 3.80. The fourth-order valence-electron chi connectivity index (χ4n) is 4.30. The predicted molar refractivity (Wildman–Crippen MR) is 104 cm³/mol. The van der Waals surface area contributed by atoms with Crippen LogP contribution in [0.2, 0.25) is 0 Å². The van der Waals surface area contributed by atoms with Crippen molar-refractivity contribution in [3.63, 3.8) is 0 Å². The Bertz CT molecular complexity index is 755. The number of likely N-dealkylation sites (tertiary alicyclic amines) is 1. The molecular weight excluding hydrogens is 344 g/mol. The summed E-state index contributed by atoms with van der Waals surface area (Å²) in [4.78, 5) is 19.5. The summed E-state index contributed by atoms with van der Waals surface area (Å²) >= 11 is 1.44. The number of nitrogens with one attached hydrogen (secondary N) is 1. The van der Waals surface area contributed by atoms with Gasteiger partial charge in [0.25, 0.3) is 0 Å². The summed E-state index contributed by atoms with van der Waals surface area (Å²) in [5.41, 5.74) is 2.23. The van der Waals surface area contributed by atoms with E-state index >= 15 is 0 Å². The van der Waals surface area contributed by atoms with Crippen LogP contribution in [0.15, 0.2) is 29.4 Å². The molecule has 2 aliphatic rings. The second-order valence-corrected chi connectivity index (χ2v) is 8.41. The van der Waals surface area contributed by atoms with Crippen LogP contribution in [0.4, 0.5) is 0 Å². The van der Waals surface area contributed by atoms with Gasteiger partial charge in [0.15, 0.2) is 5.82 Å². The van der Waals surface area contributed by atoms with Crippen LogP contribution in [0.25, 0.3) is 11.4 Å². The molecule has 4 rings (SSSR count). The summed E-state index contributed by atoms with van der Waals surface area (Å²) in [5, 5.41) is 7.90. The highest BCUT2D eigenvalue weighted by molar-refractivity contribution is 7.99. The van der Waals surface area contributed by atoms with Crippen LogP contribution in [0.5, 0.6) is 0 Å². The topological polar surface area (TPSA) is 61.9 Å². The maximum absolute atomic E-state index is 12.8. The lowest BCUT2D eigenvalue weighted by molar-refractivity contribution is -0.134. The molecule has 1 N–H and O–H groups in total. The van der Waals surface area contributed by atoms with Crippen molar-refractivity contribution < 1.29 is 4.79 Å². The van der Waals surface area contributed by atoms with Crippen LogP contribution in [0.3, 0.4) is 0 Å². The molecule has 1 aliphatic heterocycles. The van der Waals surface area contributed by atoms with E-state index in [0.29, 0.717) is 17.0 Å². The minimum absolute atomic E-state index is 0.244. The van der Waals surface area contributed by atoms with Crippen molar-refractivity contribution in [2.75, 3.05) is 12.3 Å². The molecule has 0 radical (unpaired) electrons. The number of thioether (sulfide) groups is 1. The Morgan fingerprint density at radius 3 is 2.81 bits per heavy atom. The average Bonchev–Trinajstić information content (AvgIpc) is 3.15. The molecule has 2 heterocycles. The third-order valence-electron chi connectivity index (χ3n) is 5.68. The molecule has 1 aromatic carbocycles. The molecule has 1 aliphatic carbocycles. The number of rotatable bonds is 4. The van der Waals surface area contributed by atoms with E-state index in [1.165, 1.54) is 49.4 Å². The fourth-order valence-corrected chi connectivity index (χ4v) is 4.98. The highest BCUT2D eigenvalue weighted by Gasteiger charge is 2.35. The first-order valence-corrected chi connectivity index (χ1v) is 10.6. The van der Waals surface area contributed by atoms with Crippen molar-refractivity contribution in [1.82, 2.24) is 20.1 Å². The fraction of sp³-hybridized carbons (Fsp3) is 0.550. The Labute approximate surface area is 159 Å². The number of hydrogen-bond acceptors (Lipinski definition) is 4. The van der Waals surface area contributed by atoms with Crippen LogP contribution in [-0.2, 0) is 4.79 Å². The molecule has 1 saturated carbocycles. The van der Waals surface area contributed by atoms with Crippen LogP contribution in [0, 0.1) is 12.8 Å². The molecule has 0 unspecified atom stereocenters. The Balaban J connectivity index is 1.36. The summed E-state index contributed by atoms with van der Waals surface area (Å²) < 4.78 is 0. The summed E-state index contributed by atoms with van der Waals surface area (Å²) in [6, 6.07) is 8.66. The standard InChI is InChI=1S/C20H26N4OS/c1-14-8-10-16(11-9-14)19-21-20(23-22-19)26-13-18(25)24-12-4-6-15-5-2-3-7-17(15)24/h8-11,15,17H,2-7,12-13H2,1H3,(H,21,22,23)/t15-,17-/m1/s1. The van der Waals surface area contributed by atoms with Gasteiger partial charge in [0.1, 0.15) is 0 Å². The Hall–Kier alpha value is -1.82. The first kappa shape index (κ1) is 17.6. The Kier molecular flexibility index (Phi) is 5.29. The minimum Gasteiger partial charge on any atom is -0.339 e. The van der Waals surface area contributed by atoms with E-state index in [-0.39, 0.29) is 5.91 Å². The number of benzene rings is 1. The van der Waals surface area contributed by atoms with Gasteiger partial charge in [0.2, 0.25) is 11.1 Å².